The number of nitrogens with zero attached hydrogens (tertiary/aromatic N) is 2. The highest BCUT2D eigenvalue weighted by Gasteiger charge is 2.24. The molecule has 1 fully saturated rings. The van der Waals surface area contributed by atoms with Crippen LogP contribution in [0.2, 0.25) is 0 Å². The first-order chi connectivity index (χ1) is 11.3. The third-order valence-electron chi connectivity index (χ3n) is 4.17. The Labute approximate surface area is 137 Å². The molecule has 0 unspecified atom stereocenters. The lowest BCUT2D eigenvalue weighted by atomic mass is 10.0. The molecule has 0 atom stereocenters. The average Bonchev–Trinajstić information content (AvgIpc) is 3.24. The fourth-order valence-electron chi connectivity index (χ4n) is 2.90. The van der Waals surface area contributed by atoms with Crippen LogP contribution in [0.1, 0.15) is 23.2 Å². The molecule has 1 saturated heterocycles. The third-order valence-corrected chi connectivity index (χ3v) is 5.14. The van der Waals surface area contributed by atoms with Gasteiger partial charge in [-0.2, -0.15) is 0 Å². The van der Waals surface area contributed by atoms with E-state index in [4.69, 9.17) is 4.42 Å². The Morgan fingerprint density at radius 2 is 2.09 bits per heavy atom. The quantitative estimate of drug-likeness (QED) is 0.798. The Hall–Kier alpha value is -2.34. The largest absolute Gasteiger partial charge is 0.472 e. The van der Waals surface area contributed by atoms with Gasteiger partial charge in [-0.15, -0.1) is 0 Å². The molecule has 0 spiro atoms. The summed E-state index contributed by atoms with van der Waals surface area (Å²) >= 11 is 1.68. The Balaban J connectivity index is 1.37. The molecule has 5 nitrogen and oxygen atoms in total. The van der Waals surface area contributed by atoms with Gasteiger partial charge in [0, 0.05) is 19.1 Å². The Morgan fingerprint density at radius 1 is 1.26 bits per heavy atom. The molecule has 3 aromatic rings. The third kappa shape index (κ3) is 2.94. The van der Waals surface area contributed by atoms with Crippen molar-refractivity contribution in [2.75, 3.05) is 18.4 Å². The number of aromatic nitrogens is 1. The second kappa shape index (κ2) is 6.04. The highest BCUT2D eigenvalue weighted by atomic mass is 32.1. The molecular formula is C17H17N3O2S. The zero-order chi connectivity index (χ0) is 15.6. The molecule has 3 heterocycles. The van der Waals surface area contributed by atoms with Gasteiger partial charge in [0.2, 0.25) is 0 Å². The predicted molar refractivity (Wildman–Crippen MR) is 90.9 cm³/mol. The van der Waals surface area contributed by atoms with Crippen LogP contribution >= 0.6 is 11.3 Å². The van der Waals surface area contributed by atoms with Crippen molar-refractivity contribution in [3.8, 4) is 0 Å². The van der Waals surface area contributed by atoms with E-state index in [1.54, 1.807) is 17.4 Å². The lowest BCUT2D eigenvalue weighted by Crippen LogP contribution is -2.42. The number of para-hydroxylation sites is 1. The van der Waals surface area contributed by atoms with Crippen molar-refractivity contribution >= 4 is 32.6 Å². The summed E-state index contributed by atoms with van der Waals surface area (Å²) in [6, 6.07) is 10.2. The SMILES string of the molecule is O=C(c1ccoc1)N1CCC(Nc2nc3ccccc3s2)CC1. The number of benzene rings is 1. The first kappa shape index (κ1) is 14.3. The van der Waals surface area contributed by atoms with Gasteiger partial charge in [0.25, 0.3) is 5.91 Å². The number of likely N-dealkylation sites (tertiary alicyclic amines) is 1. The number of carbonyl (C=O) groups excluding carboxylic acids is 1. The van der Waals surface area contributed by atoms with Crippen LogP contribution in [0, 0.1) is 0 Å². The van der Waals surface area contributed by atoms with Crippen LogP contribution in [-0.4, -0.2) is 34.9 Å². The smallest absolute Gasteiger partial charge is 0.257 e. The van der Waals surface area contributed by atoms with Gasteiger partial charge in [-0.05, 0) is 31.0 Å². The van der Waals surface area contributed by atoms with Gasteiger partial charge in [0.15, 0.2) is 5.13 Å². The molecule has 23 heavy (non-hydrogen) atoms. The first-order valence-electron chi connectivity index (χ1n) is 7.73. The molecule has 1 aliphatic heterocycles. The number of rotatable bonds is 3. The molecule has 2 aromatic heterocycles. The van der Waals surface area contributed by atoms with Gasteiger partial charge < -0.3 is 14.6 Å². The van der Waals surface area contributed by atoms with E-state index in [1.165, 1.54) is 17.2 Å². The fraction of sp³-hybridized carbons (Fsp3) is 0.294. The Morgan fingerprint density at radius 3 is 2.83 bits per heavy atom. The number of furan rings is 1. The van der Waals surface area contributed by atoms with Crippen molar-refractivity contribution in [1.82, 2.24) is 9.88 Å². The Bertz CT molecular complexity index is 771. The number of hydrogen-bond donors (Lipinski definition) is 1. The summed E-state index contributed by atoms with van der Waals surface area (Å²) in [5.74, 6) is 0.0530. The normalized spacial score (nSPS) is 15.9. The summed E-state index contributed by atoms with van der Waals surface area (Å²) in [7, 11) is 0. The molecule has 6 heteroatoms. The van der Waals surface area contributed by atoms with Crippen LogP contribution in [-0.2, 0) is 0 Å². The lowest BCUT2D eigenvalue weighted by Gasteiger charge is -2.32. The van der Waals surface area contributed by atoms with E-state index in [1.807, 2.05) is 23.1 Å². The molecule has 1 amide bonds. The summed E-state index contributed by atoms with van der Waals surface area (Å²) in [6.45, 7) is 1.51. The summed E-state index contributed by atoms with van der Waals surface area (Å²) in [5, 5.41) is 4.48. The zero-order valence-electron chi connectivity index (χ0n) is 12.6. The number of hydrogen-bond acceptors (Lipinski definition) is 5. The van der Waals surface area contributed by atoms with Gasteiger partial charge in [0.05, 0.1) is 22.0 Å². The zero-order valence-corrected chi connectivity index (χ0v) is 13.4. The van der Waals surface area contributed by atoms with Crippen molar-refractivity contribution in [2.45, 2.75) is 18.9 Å². The summed E-state index contributed by atoms with van der Waals surface area (Å²) in [6.07, 6.45) is 4.90. The molecule has 118 valence electrons. The average molecular weight is 327 g/mol. The number of fused-ring (bicyclic) bond motifs is 1. The summed E-state index contributed by atoms with van der Waals surface area (Å²) in [5.41, 5.74) is 1.66. The Kier molecular flexibility index (Phi) is 3.75. The van der Waals surface area contributed by atoms with Crippen molar-refractivity contribution in [2.24, 2.45) is 0 Å². The lowest BCUT2D eigenvalue weighted by molar-refractivity contribution is 0.0718. The molecule has 1 aromatic carbocycles. The van der Waals surface area contributed by atoms with Crippen LogP contribution in [0.3, 0.4) is 0 Å². The van der Waals surface area contributed by atoms with Crippen LogP contribution in [0.15, 0.2) is 47.3 Å². The molecule has 0 bridgehead atoms. The predicted octanol–water partition coefficient (Wildman–Crippen LogP) is 3.61. The van der Waals surface area contributed by atoms with Crippen molar-refractivity contribution in [1.29, 1.82) is 0 Å². The van der Waals surface area contributed by atoms with Gasteiger partial charge in [0.1, 0.15) is 6.26 Å². The molecule has 0 radical (unpaired) electrons. The topological polar surface area (TPSA) is 58.4 Å². The number of thiazole rings is 1. The molecule has 1 aliphatic rings. The van der Waals surface area contributed by atoms with E-state index in [2.05, 4.69) is 16.4 Å². The summed E-state index contributed by atoms with van der Waals surface area (Å²) < 4.78 is 6.19. The maximum absolute atomic E-state index is 12.3. The van der Waals surface area contributed by atoms with E-state index in [9.17, 15) is 4.79 Å². The van der Waals surface area contributed by atoms with Gasteiger partial charge in [-0.25, -0.2) is 4.98 Å². The minimum Gasteiger partial charge on any atom is -0.472 e. The van der Waals surface area contributed by atoms with Crippen LogP contribution < -0.4 is 5.32 Å². The van der Waals surface area contributed by atoms with Crippen LogP contribution in [0.25, 0.3) is 10.2 Å². The molecule has 4 rings (SSSR count). The maximum atomic E-state index is 12.3. The number of amides is 1. The molecule has 0 saturated carbocycles. The minimum absolute atomic E-state index is 0.0530. The molecule has 0 aliphatic carbocycles. The van der Waals surface area contributed by atoms with Crippen molar-refractivity contribution in [3.05, 3.63) is 48.4 Å². The molecular weight excluding hydrogens is 310 g/mol. The van der Waals surface area contributed by atoms with Gasteiger partial charge >= 0.3 is 0 Å². The van der Waals surface area contributed by atoms with E-state index in [0.29, 0.717) is 11.6 Å². The van der Waals surface area contributed by atoms with Crippen molar-refractivity contribution < 1.29 is 9.21 Å². The van der Waals surface area contributed by atoms with E-state index >= 15 is 0 Å². The minimum atomic E-state index is 0.0530. The maximum Gasteiger partial charge on any atom is 0.257 e. The van der Waals surface area contributed by atoms with E-state index in [-0.39, 0.29) is 5.91 Å². The number of carbonyl (C=O) groups is 1. The monoisotopic (exact) mass is 327 g/mol. The van der Waals surface area contributed by atoms with Crippen molar-refractivity contribution in [3.63, 3.8) is 0 Å². The number of anilines is 1. The highest BCUT2D eigenvalue weighted by molar-refractivity contribution is 7.22. The second-order valence-corrected chi connectivity index (χ2v) is 6.74. The van der Waals surface area contributed by atoms with Crippen LogP contribution in [0.4, 0.5) is 5.13 Å². The first-order valence-corrected chi connectivity index (χ1v) is 8.55. The van der Waals surface area contributed by atoms with E-state index in [0.717, 1.165) is 36.6 Å². The number of nitrogens with one attached hydrogen (secondary N) is 1. The second-order valence-electron chi connectivity index (χ2n) is 5.71. The highest BCUT2D eigenvalue weighted by Crippen LogP contribution is 2.27. The standard InChI is InChI=1S/C17H17N3O2S/c21-16(12-7-10-22-11-12)20-8-5-13(6-9-20)18-17-19-14-3-1-2-4-15(14)23-17/h1-4,7,10-11,13H,5-6,8-9H2,(H,18,19). The van der Waals surface area contributed by atoms with Gasteiger partial charge in [-0.3, -0.25) is 4.79 Å². The summed E-state index contributed by atoms with van der Waals surface area (Å²) in [4.78, 5) is 18.8. The van der Waals surface area contributed by atoms with Crippen LogP contribution in [0.5, 0.6) is 0 Å². The number of piperidine rings is 1. The fourth-order valence-corrected chi connectivity index (χ4v) is 3.85. The van der Waals surface area contributed by atoms with Gasteiger partial charge in [-0.1, -0.05) is 23.5 Å². The molecule has 1 N–H and O–H groups in total. The van der Waals surface area contributed by atoms with E-state index < -0.39 is 0 Å².